The summed E-state index contributed by atoms with van der Waals surface area (Å²) in [5, 5.41) is 4.79. The molecular formula is C52H41NO. The summed E-state index contributed by atoms with van der Waals surface area (Å²) in [6.07, 6.45) is 6.20. The van der Waals surface area contributed by atoms with E-state index in [0.717, 1.165) is 39.0 Å². The van der Waals surface area contributed by atoms with Crippen LogP contribution in [0, 0.1) is 0 Å². The molecule has 260 valence electrons. The summed E-state index contributed by atoms with van der Waals surface area (Å²) in [4.78, 5) is 2.37. The molecule has 0 amide bonds. The van der Waals surface area contributed by atoms with Gasteiger partial charge in [0, 0.05) is 39.3 Å². The number of hydrogen-bond donors (Lipinski definition) is 0. The van der Waals surface area contributed by atoms with Crippen molar-refractivity contribution in [1.29, 1.82) is 0 Å². The van der Waals surface area contributed by atoms with Crippen LogP contribution in [-0.4, -0.2) is 0 Å². The molecule has 8 aromatic carbocycles. The normalized spacial score (nSPS) is 14.1. The first-order chi connectivity index (χ1) is 26.7. The minimum Gasteiger partial charge on any atom is -0.456 e. The molecule has 0 saturated heterocycles. The molecule has 10 rings (SSSR count). The fourth-order valence-corrected chi connectivity index (χ4v) is 9.11. The molecule has 0 bridgehead atoms. The van der Waals surface area contributed by atoms with Gasteiger partial charge in [-0.2, -0.15) is 0 Å². The Labute approximate surface area is 316 Å². The van der Waals surface area contributed by atoms with E-state index in [-0.39, 0.29) is 5.41 Å². The monoisotopic (exact) mass is 695 g/mol. The Hall–Kier alpha value is -6.38. The van der Waals surface area contributed by atoms with E-state index in [9.17, 15) is 0 Å². The molecule has 1 fully saturated rings. The lowest BCUT2D eigenvalue weighted by Crippen LogP contribution is -2.30. The van der Waals surface area contributed by atoms with Crippen LogP contribution >= 0.6 is 0 Å². The second kappa shape index (κ2) is 13.5. The summed E-state index contributed by atoms with van der Waals surface area (Å²) in [6, 6.07) is 68.5. The number of fused-ring (bicyclic) bond motifs is 4. The van der Waals surface area contributed by atoms with Crippen molar-refractivity contribution in [2.75, 3.05) is 4.90 Å². The van der Waals surface area contributed by atoms with E-state index in [1.54, 1.807) is 0 Å². The number of anilines is 3. The van der Waals surface area contributed by atoms with Crippen molar-refractivity contribution in [2.24, 2.45) is 0 Å². The molecule has 1 aromatic heterocycles. The minimum atomic E-state index is 0.0482. The van der Waals surface area contributed by atoms with E-state index < -0.39 is 0 Å². The summed E-state index contributed by atoms with van der Waals surface area (Å²) in [5.41, 5.74) is 12.8. The number of benzene rings is 8. The number of furan rings is 1. The predicted molar refractivity (Wildman–Crippen MR) is 227 cm³/mol. The smallest absolute Gasteiger partial charge is 0.137 e. The average molecular weight is 696 g/mol. The van der Waals surface area contributed by atoms with Crippen LogP contribution in [0.25, 0.3) is 55.0 Å². The highest BCUT2D eigenvalue weighted by molar-refractivity contribution is 6.13. The largest absolute Gasteiger partial charge is 0.456 e. The van der Waals surface area contributed by atoms with E-state index >= 15 is 0 Å². The van der Waals surface area contributed by atoms with Crippen LogP contribution in [0.5, 0.6) is 0 Å². The fourth-order valence-electron chi connectivity index (χ4n) is 9.11. The molecule has 0 N–H and O–H groups in total. The molecular weight excluding hydrogens is 655 g/mol. The van der Waals surface area contributed by atoms with Gasteiger partial charge in [-0.1, -0.05) is 159 Å². The van der Waals surface area contributed by atoms with Gasteiger partial charge < -0.3 is 9.32 Å². The standard InChI is InChI=1S/C52H41NO/c1-4-14-38(15-5-1)47-22-13-23-49-51(47)48-33-32-44(36-50(48)54-49)53(42-28-24-39(25-29-42)46-21-12-17-37-16-8-9-20-45(37)46)43-30-26-41(27-31-43)52(34-10-3-11-35-52)40-18-6-2-7-19-40/h1-2,4-9,12-33,36H,3,10-11,34-35H2. The Morgan fingerprint density at radius 1 is 0.407 bits per heavy atom. The van der Waals surface area contributed by atoms with Crippen molar-refractivity contribution < 1.29 is 4.42 Å². The van der Waals surface area contributed by atoms with E-state index in [0.29, 0.717) is 0 Å². The molecule has 2 nitrogen and oxygen atoms in total. The molecule has 1 saturated carbocycles. The second-order valence-electron chi connectivity index (χ2n) is 14.8. The molecule has 54 heavy (non-hydrogen) atoms. The maximum Gasteiger partial charge on any atom is 0.137 e. The van der Waals surface area contributed by atoms with E-state index in [4.69, 9.17) is 4.42 Å². The Bertz CT molecular complexity index is 2720. The second-order valence-corrected chi connectivity index (χ2v) is 14.8. The topological polar surface area (TPSA) is 16.4 Å². The van der Waals surface area contributed by atoms with Crippen LogP contribution in [0.1, 0.15) is 43.2 Å². The summed E-state index contributed by atoms with van der Waals surface area (Å²) in [6.45, 7) is 0. The molecule has 0 spiro atoms. The van der Waals surface area contributed by atoms with E-state index in [2.05, 4.69) is 193 Å². The van der Waals surface area contributed by atoms with Crippen molar-refractivity contribution in [3.05, 3.63) is 199 Å². The van der Waals surface area contributed by atoms with Crippen molar-refractivity contribution >= 4 is 49.8 Å². The first kappa shape index (κ1) is 32.3. The summed E-state index contributed by atoms with van der Waals surface area (Å²) in [7, 11) is 0. The molecule has 2 heteroatoms. The Kier molecular flexibility index (Phi) is 8.10. The number of hydrogen-bond acceptors (Lipinski definition) is 2. The Balaban J connectivity index is 1.10. The number of rotatable bonds is 7. The average Bonchev–Trinajstić information content (AvgIpc) is 3.63. The Morgan fingerprint density at radius 2 is 1.00 bits per heavy atom. The first-order valence-electron chi connectivity index (χ1n) is 19.3. The molecule has 9 aromatic rings. The van der Waals surface area contributed by atoms with Crippen molar-refractivity contribution in [3.8, 4) is 22.3 Å². The van der Waals surface area contributed by atoms with E-state index in [1.165, 1.54) is 76.3 Å². The summed E-state index contributed by atoms with van der Waals surface area (Å²) < 4.78 is 6.63. The van der Waals surface area contributed by atoms with Crippen molar-refractivity contribution in [1.82, 2.24) is 0 Å². The third kappa shape index (κ3) is 5.58. The highest BCUT2D eigenvalue weighted by Gasteiger charge is 2.35. The molecule has 0 radical (unpaired) electrons. The predicted octanol–water partition coefficient (Wildman–Crippen LogP) is 14.8. The quantitative estimate of drug-likeness (QED) is 0.165. The lowest BCUT2D eigenvalue weighted by molar-refractivity contribution is 0.346. The SMILES string of the molecule is c1ccc(-c2cccc3oc4cc(N(c5ccc(-c6cccc7ccccc67)cc5)c5ccc(C6(c7ccccc7)CCCCC6)cc5)ccc4c23)cc1. The molecule has 1 heterocycles. The van der Waals surface area contributed by atoms with Crippen LogP contribution < -0.4 is 4.90 Å². The van der Waals surface area contributed by atoms with Gasteiger partial charge in [0.05, 0.1) is 0 Å². The van der Waals surface area contributed by atoms with Gasteiger partial charge in [-0.15, -0.1) is 0 Å². The van der Waals surface area contributed by atoms with Crippen LogP contribution in [0.2, 0.25) is 0 Å². The van der Waals surface area contributed by atoms with Crippen LogP contribution in [0.15, 0.2) is 192 Å². The summed E-state index contributed by atoms with van der Waals surface area (Å²) in [5.74, 6) is 0. The maximum atomic E-state index is 6.63. The molecule has 0 aliphatic heterocycles. The van der Waals surface area contributed by atoms with Crippen molar-refractivity contribution in [2.45, 2.75) is 37.5 Å². The maximum absolute atomic E-state index is 6.63. The zero-order chi connectivity index (χ0) is 35.9. The molecule has 0 atom stereocenters. The highest BCUT2D eigenvalue weighted by Crippen LogP contribution is 2.47. The lowest BCUT2D eigenvalue weighted by atomic mass is 9.65. The number of nitrogens with zero attached hydrogens (tertiary/aromatic N) is 1. The van der Waals surface area contributed by atoms with Crippen LogP contribution in [0.3, 0.4) is 0 Å². The van der Waals surface area contributed by atoms with Gasteiger partial charge in [-0.25, -0.2) is 0 Å². The van der Waals surface area contributed by atoms with Crippen molar-refractivity contribution in [3.63, 3.8) is 0 Å². The third-order valence-corrected chi connectivity index (χ3v) is 11.8. The van der Waals surface area contributed by atoms with Crippen LogP contribution in [-0.2, 0) is 5.41 Å². The zero-order valence-corrected chi connectivity index (χ0v) is 30.3. The van der Waals surface area contributed by atoms with Gasteiger partial charge in [0.2, 0.25) is 0 Å². The fraction of sp³-hybridized carbons (Fsp3) is 0.115. The molecule has 1 aliphatic carbocycles. The summed E-state index contributed by atoms with van der Waals surface area (Å²) >= 11 is 0. The third-order valence-electron chi connectivity index (χ3n) is 11.8. The van der Waals surface area contributed by atoms with Gasteiger partial charge in [-0.05, 0) is 99.5 Å². The van der Waals surface area contributed by atoms with Gasteiger partial charge >= 0.3 is 0 Å². The molecule has 0 unspecified atom stereocenters. The van der Waals surface area contributed by atoms with Gasteiger partial charge in [0.25, 0.3) is 0 Å². The molecule has 1 aliphatic rings. The Morgan fingerprint density at radius 3 is 1.78 bits per heavy atom. The van der Waals surface area contributed by atoms with Crippen LogP contribution in [0.4, 0.5) is 17.1 Å². The zero-order valence-electron chi connectivity index (χ0n) is 30.3. The van der Waals surface area contributed by atoms with Gasteiger partial charge in [0.15, 0.2) is 0 Å². The highest BCUT2D eigenvalue weighted by atomic mass is 16.3. The minimum absolute atomic E-state index is 0.0482. The van der Waals surface area contributed by atoms with Gasteiger partial charge in [-0.3, -0.25) is 0 Å². The lowest BCUT2D eigenvalue weighted by Gasteiger charge is -2.39. The van der Waals surface area contributed by atoms with Gasteiger partial charge in [0.1, 0.15) is 11.2 Å². The first-order valence-corrected chi connectivity index (χ1v) is 19.3. The van der Waals surface area contributed by atoms with E-state index in [1.807, 2.05) is 0 Å².